The predicted octanol–water partition coefficient (Wildman–Crippen LogP) is 1.10. The molecule has 1 aromatic rings. The molecule has 0 radical (unpaired) electrons. The Morgan fingerprint density at radius 1 is 1.22 bits per heavy atom. The first kappa shape index (κ1) is 17.6. The molecule has 8 nitrogen and oxygen atoms in total. The fraction of sp³-hybridized carbons (Fsp3) is 0.526. The molecular weight excluding hydrogens is 352 g/mol. The number of benzene rings is 1. The second-order valence-corrected chi connectivity index (χ2v) is 7.51. The zero-order valence-corrected chi connectivity index (χ0v) is 15.7. The van der Waals surface area contributed by atoms with Crippen molar-refractivity contribution in [3.05, 3.63) is 23.8 Å². The first-order chi connectivity index (χ1) is 12.8. The average molecular weight is 374 g/mol. The fourth-order valence-corrected chi connectivity index (χ4v) is 4.43. The van der Waals surface area contributed by atoms with Crippen molar-refractivity contribution in [3.8, 4) is 11.5 Å². The van der Waals surface area contributed by atoms with E-state index in [-0.39, 0.29) is 25.0 Å². The van der Waals surface area contributed by atoms with Crippen LogP contribution in [-0.2, 0) is 19.1 Å². The molecule has 3 aliphatic heterocycles. The van der Waals surface area contributed by atoms with Crippen molar-refractivity contribution in [1.82, 2.24) is 9.80 Å². The Morgan fingerprint density at radius 2 is 1.93 bits per heavy atom. The van der Waals surface area contributed by atoms with Crippen LogP contribution in [0.2, 0.25) is 0 Å². The number of ether oxygens (including phenoxy) is 3. The SMILES string of the molecule is COC(=O)[C@@]1(C)C[C@H]2C(=O)N(C)[C@H](C)C(=O)N2[C@H]1c1ccc2c(c1)OCO2. The third-order valence-corrected chi connectivity index (χ3v) is 6.02. The summed E-state index contributed by atoms with van der Waals surface area (Å²) in [5.41, 5.74) is -0.337. The highest BCUT2D eigenvalue weighted by Crippen LogP contribution is 2.53. The highest BCUT2D eigenvalue weighted by molar-refractivity contribution is 5.99. The van der Waals surface area contributed by atoms with Gasteiger partial charge in [0.15, 0.2) is 11.5 Å². The number of fused-ring (bicyclic) bond motifs is 2. The van der Waals surface area contributed by atoms with Crippen LogP contribution in [0, 0.1) is 5.41 Å². The number of amides is 2. The van der Waals surface area contributed by atoms with Crippen LogP contribution in [0.25, 0.3) is 0 Å². The van der Waals surface area contributed by atoms with E-state index in [0.717, 1.165) is 0 Å². The van der Waals surface area contributed by atoms with E-state index in [1.54, 1.807) is 37.9 Å². The van der Waals surface area contributed by atoms with E-state index in [4.69, 9.17) is 14.2 Å². The lowest BCUT2D eigenvalue weighted by Crippen LogP contribution is -2.60. The Bertz CT molecular complexity index is 839. The van der Waals surface area contributed by atoms with Gasteiger partial charge in [-0.05, 0) is 38.0 Å². The topological polar surface area (TPSA) is 85.4 Å². The Kier molecular flexibility index (Phi) is 3.83. The summed E-state index contributed by atoms with van der Waals surface area (Å²) in [5.74, 6) is 0.375. The number of esters is 1. The van der Waals surface area contributed by atoms with Crippen molar-refractivity contribution in [2.24, 2.45) is 5.41 Å². The summed E-state index contributed by atoms with van der Waals surface area (Å²) in [6.45, 7) is 3.57. The molecule has 3 heterocycles. The zero-order chi connectivity index (χ0) is 19.5. The fourth-order valence-electron chi connectivity index (χ4n) is 4.43. The van der Waals surface area contributed by atoms with Crippen LogP contribution >= 0.6 is 0 Å². The number of rotatable bonds is 2. The van der Waals surface area contributed by atoms with Gasteiger partial charge < -0.3 is 24.0 Å². The first-order valence-electron chi connectivity index (χ1n) is 8.86. The number of hydrogen-bond acceptors (Lipinski definition) is 6. The van der Waals surface area contributed by atoms with Crippen LogP contribution in [0.4, 0.5) is 0 Å². The molecule has 0 aliphatic carbocycles. The molecule has 1 aromatic carbocycles. The number of nitrogens with zero attached hydrogens (tertiary/aromatic N) is 2. The van der Waals surface area contributed by atoms with E-state index in [9.17, 15) is 14.4 Å². The summed E-state index contributed by atoms with van der Waals surface area (Å²) >= 11 is 0. The standard InChI is InChI=1S/C19H22N2O6/c1-10-16(22)21-12(17(23)20(10)3)8-19(2,18(24)25-4)15(21)11-5-6-13-14(7-11)27-9-26-13/h5-7,10,12,15H,8-9H2,1-4H3/t10-,12+,15+,19+/m1/s1. The monoisotopic (exact) mass is 374 g/mol. The van der Waals surface area contributed by atoms with E-state index < -0.39 is 29.5 Å². The van der Waals surface area contributed by atoms with Gasteiger partial charge in [-0.2, -0.15) is 0 Å². The lowest BCUT2D eigenvalue weighted by Gasteiger charge is -2.42. The second-order valence-electron chi connectivity index (χ2n) is 7.51. The summed E-state index contributed by atoms with van der Waals surface area (Å²) in [5, 5.41) is 0. The van der Waals surface area contributed by atoms with Gasteiger partial charge in [0.25, 0.3) is 0 Å². The highest BCUT2D eigenvalue weighted by Gasteiger charge is 2.61. The molecule has 0 bridgehead atoms. The molecule has 4 atom stereocenters. The van der Waals surface area contributed by atoms with Gasteiger partial charge in [0.2, 0.25) is 18.6 Å². The van der Waals surface area contributed by atoms with Crippen LogP contribution in [0.3, 0.4) is 0 Å². The second kappa shape index (κ2) is 5.87. The molecule has 144 valence electrons. The summed E-state index contributed by atoms with van der Waals surface area (Å²) in [7, 11) is 2.94. The number of piperazine rings is 1. The molecule has 27 heavy (non-hydrogen) atoms. The minimum atomic E-state index is -1.05. The molecule has 3 aliphatic rings. The van der Waals surface area contributed by atoms with E-state index in [1.807, 2.05) is 6.07 Å². The molecule has 0 saturated carbocycles. The highest BCUT2D eigenvalue weighted by atomic mass is 16.7. The van der Waals surface area contributed by atoms with Gasteiger partial charge in [-0.25, -0.2) is 0 Å². The van der Waals surface area contributed by atoms with Crippen molar-refractivity contribution < 1.29 is 28.6 Å². The molecule has 0 N–H and O–H groups in total. The molecule has 4 rings (SSSR count). The molecule has 0 unspecified atom stereocenters. The number of likely N-dealkylation sites (N-methyl/N-ethyl adjacent to an activating group) is 1. The van der Waals surface area contributed by atoms with Gasteiger partial charge in [0, 0.05) is 7.05 Å². The minimum Gasteiger partial charge on any atom is -0.469 e. The minimum absolute atomic E-state index is 0.128. The normalized spacial score (nSPS) is 31.9. The van der Waals surface area contributed by atoms with Gasteiger partial charge in [0.1, 0.15) is 12.1 Å². The lowest BCUT2D eigenvalue weighted by molar-refractivity contribution is -0.160. The average Bonchev–Trinajstić information content (AvgIpc) is 3.26. The summed E-state index contributed by atoms with van der Waals surface area (Å²) in [6, 6.07) is 3.43. The van der Waals surface area contributed by atoms with E-state index in [2.05, 4.69) is 0 Å². The molecular formula is C19H22N2O6. The van der Waals surface area contributed by atoms with E-state index >= 15 is 0 Å². The van der Waals surface area contributed by atoms with Gasteiger partial charge >= 0.3 is 5.97 Å². The maximum atomic E-state index is 13.1. The predicted molar refractivity (Wildman–Crippen MR) is 92.9 cm³/mol. The quantitative estimate of drug-likeness (QED) is 0.721. The van der Waals surface area contributed by atoms with Crippen molar-refractivity contribution in [2.45, 2.75) is 38.4 Å². The maximum absolute atomic E-state index is 13.1. The third kappa shape index (κ3) is 2.32. The largest absolute Gasteiger partial charge is 0.469 e. The Balaban J connectivity index is 1.85. The Hall–Kier alpha value is -2.77. The summed E-state index contributed by atoms with van der Waals surface area (Å²) in [6.07, 6.45) is 0.209. The summed E-state index contributed by atoms with van der Waals surface area (Å²) in [4.78, 5) is 41.7. The lowest BCUT2D eigenvalue weighted by atomic mass is 9.78. The van der Waals surface area contributed by atoms with Crippen LogP contribution in [-0.4, -0.2) is 60.6 Å². The molecule has 2 fully saturated rings. The van der Waals surface area contributed by atoms with Crippen molar-refractivity contribution in [3.63, 3.8) is 0 Å². The van der Waals surface area contributed by atoms with E-state index in [0.29, 0.717) is 17.1 Å². The van der Waals surface area contributed by atoms with Crippen LogP contribution in [0.1, 0.15) is 31.9 Å². The van der Waals surface area contributed by atoms with Crippen LogP contribution in [0.5, 0.6) is 11.5 Å². The maximum Gasteiger partial charge on any atom is 0.314 e. The Labute approximate surface area is 157 Å². The van der Waals surface area contributed by atoms with Crippen molar-refractivity contribution in [1.29, 1.82) is 0 Å². The Morgan fingerprint density at radius 3 is 2.63 bits per heavy atom. The number of hydrogen-bond donors (Lipinski definition) is 0. The molecule has 2 saturated heterocycles. The van der Waals surface area contributed by atoms with Crippen LogP contribution in [0.15, 0.2) is 18.2 Å². The van der Waals surface area contributed by atoms with E-state index in [1.165, 1.54) is 12.0 Å². The van der Waals surface area contributed by atoms with Gasteiger partial charge in [-0.15, -0.1) is 0 Å². The first-order valence-corrected chi connectivity index (χ1v) is 8.86. The van der Waals surface area contributed by atoms with Crippen molar-refractivity contribution in [2.75, 3.05) is 21.0 Å². The summed E-state index contributed by atoms with van der Waals surface area (Å²) < 4.78 is 15.9. The molecule has 0 spiro atoms. The number of carbonyl (C=O) groups is 3. The van der Waals surface area contributed by atoms with Gasteiger partial charge in [-0.3, -0.25) is 14.4 Å². The third-order valence-electron chi connectivity index (χ3n) is 6.02. The van der Waals surface area contributed by atoms with Crippen molar-refractivity contribution >= 4 is 17.8 Å². The zero-order valence-electron chi connectivity index (χ0n) is 15.7. The molecule has 0 aromatic heterocycles. The number of methoxy groups -OCH3 is 1. The number of carbonyl (C=O) groups excluding carboxylic acids is 3. The molecule has 8 heteroatoms. The smallest absolute Gasteiger partial charge is 0.314 e. The molecule has 2 amide bonds. The van der Waals surface area contributed by atoms with Crippen LogP contribution < -0.4 is 9.47 Å². The van der Waals surface area contributed by atoms with Gasteiger partial charge in [0.05, 0.1) is 18.6 Å². The van der Waals surface area contributed by atoms with Gasteiger partial charge in [-0.1, -0.05) is 6.07 Å².